The molecular weight excluding hydrogens is 316 g/mol. The molecule has 7 nitrogen and oxygen atoms in total. The number of hydrogen-bond donors (Lipinski definition) is 1. The summed E-state index contributed by atoms with van der Waals surface area (Å²) in [6, 6.07) is -0.844. The van der Waals surface area contributed by atoms with Crippen molar-refractivity contribution in [3.05, 3.63) is 17.7 Å². The lowest BCUT2D eigenvalue weighted by molar-refractivity contribution is -0.146. The molecule has 2 heterocycles. The normalized spacial score (nSPS) is 33.0. The average molecular weight is 332 g/mol. The molecule has 120 valence electrons. The molecule has 1 aliphatic heterocycles. The van der Waals surface area contributed by atoms with Crippen LogP contribution in [-0.2, 0) is 14.4 Å². The lowest BCUT2D eigenvalue weighted by Gasteiger charge is -2.38. The fraction of sp³-hybridized carbons (Fsp3) is 0.533. The van der Waals surface area contributed by atoms with Crippen LogP contribution in [0.5, 0.6) is 0 Å². The number of anilines is 1. The van der Waals surface area contributed by atoms with Gasteiger partial charge in [0.2, 0.25) is 22.9 Å². The van der Waals surface area contributed by atoms with Gasteiger partial charge in [-0.1, -0.05) is 23.5 Å². The van der Waals surface area contributed by atoms with Gasteiger partial charge in [0.25, 0.3) is 0 Å². The van der Waals surface area contributed by atoms with Gasteiger partial charge in [0.05, 0.1) is 11.8 Å². The number of amides is 3. The molecule has 8 heteroatoms. The molecule has 1 aromatic heterocycles. The molecule has 1 N–H and O–H groups in total. The molecule has 4 aliphatic rings. The molecule has 3 aliphatic carbocycles. The first-order chi connectivity index (χ1) is 11.1. The Labute approximate surface area is 136 Å². The Morgan fingerprint density at radius 1 is 1.26 bits per heavy atom. The van der Waals surface area contributed by atoms with E-state index < -0.39 is 11.9 Å². The molecule has 1 saturated heterocycles. The van der Waals surface area contributed by atoms with Crippen molar-refractivity contribution >= 4 is 34.2 Å². The molecule has 2 bridgehead atoms. The first-order valence-corrected chi connectivity index (χ1v) is 8.58. The van der Waals surface area contributed by atoms with Crippen molar-refractivity contribution in [3.63, 3.8) is 0 Å². The second kappa shape index (κ2) is 5.23. The highest BCUT2D eigenvalue weighted by Crippen LogP contribution is 2.49. The molecule has 0 aromatic carbocycles. The number of likely N-dealkylation sites (tertiary alicyclic amines) is 1. The summed E-state index contributed by atoms with van der Waals surface area (Å²) in [5, 5.41) is 10.4. The lowest BCUT2D eigenvalue weighted by atomic mass is 9.63. The van der Waals surface area contributed by atoms with Crippen LogP contribution in [0.1, 0.15) is 19.8 Å². The maximum absolute atomic E-state index is 12.8. The van der Waals surface area contributed by atoms with Gasteiger partial charge in [0.15, 0.2) is 0 Å². The minimum Gasteiger partial charge on any atom is -0.299 e. The first kappa shape index (κ1) is 14.5. The molecule has 23 heavy (non-hydrogen) atoms. The van der Waals surface area contributed by atoms with Gasteiger partial charge in [-0.3, -0.25) is 24.6 Å². The highest BCUT2D eigenvalue weighted by atomic mass is 32.1. The van der Waals surface area contributed by atoms with Crippen molar-refractivity contribution in [2.24, 2.45) is 23.7 Å². The van der Waals surface area contributed by atoms with Gasteiger partial charge in [0, 0.05) is 0 Å². The predicted molar refractivity (Wildman–Crippen MR) is 82.2 cm³/mol. The molecule has 3 amide bonds. The van der Waals surface area contributed by atoms with E-state index in [1.807, 2.05) is 0 Å². The molecule has 2 fully saturated rings. The van der Waals surface area contributed by atoms with E-state index >= 15 is 0 Å². The number of allylic oxidation sites excluding steroid dienone is 2. The van der Waals surface area contributed by atoms with Crippen LogP contribution in [0.25, 0.3) is 0 Å². The number of aromatic nitrogens is 2. The monoisotopic (exact) mass is 332 g/mol. The average Bonchev–Trinajstić information content (AvgIpc) is 3.16. The second-order valence-corrected chi connectivity index (χ2v) is 7.13. The van der Waals surface area contributed by atoms with Crippen LogP contribution >= 0.6 is 11.3 Å². The van der Waals surface area contributed by atoms with E-state index in [-0.39, 0.29) is 35.5 Å². The van der Waals surface area contributed by atoms with E-state index in [0.717, 1.165) is 17.7 Å². The van der Waals surface area contributed by atoms with Crippen molar-refractivity contribution in [1.29, 1.82) is 0 Å². The van der Waals surface area contributed by atoms with Gasteiger partial charge in [-0.05, 0) is 31.6 Å². The van der Waals surface area contributed by atoms with Crippen molar-refractivity contribution in [2.45, 2.75) is 25.8 Å². The molecule has 1 aromatic rings. The predicted octanol–water partition coefficient (Wildman–Crippen LogP) is 1.06. The summed E-state index contributed by atoms with van der Waals surface area (Å²) >= 11 is 1.19. The number of nitrogens with one attached hydrogen (secondary N) is 1. The molecule has 0 spiro atoms. The van der Waals surface area contributed by atoms with Crippen LogP contribution in [0.15, 0.2) is 17.7 Å². The molecule has 5 atom stereocenters. The molecule has 5 rings (SSSR count). The van der Waals surface area contributed by atoms with Crippen LogP contribution in [0, 0.1) is 23.7 Å². The van der Waals surface area contributed by atoms with Crippen molar-refractivity contribution in [3.8, 4) is 0 Å². The van der Waals surface area contributed by atoms with Gasteiger partial charge in [-0.2, -0.15) is 0 Å². The summed E-state index contributed by atoms with van der Waals surface area (Å²) < 4.78 is 0. The lowest BCUT2D eigenvalue weighted by Crippen LogP contribution is -2.46. The zero-order valence-corrected chi connectivity index (χ0v) is 13.3. The zero-order chi connectivity index (χ0) is 16.1. The number of imide groups is 1. The zero-order valence-electron chi connectivity index (χ0n) is 12.5. The van der Waals surface area contributed by atoms with Gasteiger partial charge in [0.1, 0.15) is 11.6 Å². The first-order valence-electron chi connectivity index (χ1n) is 7.70. The minimum atomic E-state index is -0.844. The molecular formula is C15H16N4O3S. The SMILES string of the molecule is C[C@@H](C(=O)Nc1nncs1)N1C(=O)[C@@H]2[C@H](C1=O)[C@H]1C=C[C@H]2CC1. The Balaban J connectivity index is 1.56. The molecule has 1 saturated carbocycles. The fourth-order valence-corrected chi connectivity index (χ4v) is 4.48. The Morgan fingerprint density at radius 2 is 1.87 bits per heavy atom. The summed E-state index contributed by atoms with van der Waals surface area (Å²) in [5.74, 6) is -1.15. The van der Waals surface area contributed by atoms with E-state index in [4.69, 9.17) is 0 Å². The van der Waals surface area contributed by atoms with Crippen molar-refractivity contribution in [2.75, 3.05) is 5.32 Å². The third-order valence-electron chi connectivity index (χ3n) is 5.15. The number of fused-ring (bicyclic) bond motifs is 1. The largest absolute Gasteiger partial charge is 0.299 e. The number of hydrogen-bond acceptors (Lipinski definition) is 6. The minimum absolute atomic E-state index is 0.130. The van der Waals surface area contributed by atoms with Crippen LogP contribution < -0.4 is 5.32 Å². The van der Waals surface area contributed by atoms with Gasteiger partial charge in [-0.25, -0.2) is 0 Å². The third-order valence-corrected chi connectivity index (χ3v) is 5.76. The highest BCUT2D eigenvalue weighted by Gasteiger charge is 2.58. The van der Waals surface area contributed by atoms with Crippen molar-refractivity contribution < 1.29 is 14.4 Å². The maximum atomic E-state index is 12.8. The summed E-state index contributed by atoms with van der Waals surface area (Å²) in [5.41, 5.74) is 1.50. The summed E-state index contributed by atoms with van der Waals surface area (Å²) in [4.78, 5) is 39.0. The smallest absolute Gasteiger partial charge is 0.249 e. The molecule has 0 unspecified atom stereocenters. The van der Waals surface area contributed by atoms with E-state index in [1.54, 1.807) is 6.92 Å². The van der Waals surface area contributed by atoms with Crippen LogP contribution in [0.4, 0.5) is 5.13 Å². The van der Waals surface area contributed by atoms with Gasteiger partial charge < -0.3 is 0 Å². The second-order valence-electron chi connectivity index (χ2n) is 6.30. The van der Waals surface area contributed by atoms with Crippen LogP contribution in [-0.4, -0.2) is 38.9 Å². The summed E-state index contributed by atoms with van der Waals surface area (Å²) in [6.45, 7) is 1.58. The van der Waals surface area contributed by atoms with E-state index in [0.29, 0.717) is 5.13 Å². The molecule has 0 radical (unpaired) electrons. The van der Waals surface area contributed by atoms with Crippen LogP contribution in [0.2, 0.25) is 0 Å². The van der Waals surface area contributed by atoms with E-state index in [9.17, 15) is 14.4 Å². The third kappa shape index (κ3) is 2.12. The maximum Gasteiger partial charge on any atom is 0.249 e. The quantitative estimate of drug-likeness (QED) is 0.660. The summed E-state index contributed by atoms with van der Waals surface area (Å²) in [7, 11) is 0. The number of carbonyl (C=O) groups is 3. The number of nitrogens with zero attached hydrogens (tertiary/aromatic N) is 3. The topological polar surface area (TPSA) is 92.3 Å². The van der Waals surface area contributed by atoms with Crippen molar-refractivity contribution in [1.82, 2.24) is 15.1 Å². The fourth-order valence-electron chi connectivity index (χ4n) is 4.03. The van der Waals surface area contributed by atoms with Crippen LogP contribution in [0.3, 0.4) is 0 Å². The van der Waals surface area contributed by atoms with E-state index in [2.05, 4.69) is 27.7 Å². The Hall–Kier alpha value is -2.09. The van der Waals surface area contributed by atoms with E-state index in [1.165, 1.54) is 16.8 Å². The number of carbonyl (C=O) groups excluding carboxylic acids is 3. The van der Waals surface area contributed by atoms with Gasteiger partial charge >= 0.3 is 0 Å². The summed E-state index contributed by atoms with van der Waals surface area (Å²) in [6.07, 6.45) is 6.02. The van der Waals surface area contributed by atoms with Gasteiger partial charge in [-0.15, -0.1) is 10.2 Å². The standard InChI is InChI=1S/C15H16N4O3S/c1-7(12(20)17-15-18-16-6-23-15)19-13(21)10-8-2-3-9(5-4-8)11(10)14(19)22/h2-3,6-11H,4-5H2,1H3,(H,17,18,20)/t7-,8-,9-,10-,11+/m0/s1. The Kier molecular flexibility index (Phi) is 3.29. The number of rotatable bonds is 3. The Bertz CT molecular complexity index is 670. The Morgan fingerprint density at radius 3 is 2.35 bits per heavy atom. The highest BCUT2D eigenvalue weighted by molar-refractivity contribution is 7.13.